The van der Waals surface area contributed by atoms with Gasteiger partial charge >= 0.3 is 5.97 Å². The van der Waals surface area contributed by atoms with E-state index in [1.54, 1.807) is 6.92 Å². The Morgan fingerprint density at radius 1 is 1.18 bits per heavy atom. The fourth-order valence-corrected chi connectivity index (χ4v) is 3.71. The molecule has 0 aliphatic carbocycles. The van der Waals surface area contributed by atoms with Crippen LogP contribution in [0.4, 0.5) is 8.78 Å². The summed E-state index contributed by atoms with van der Waals surface area (Å²) in [6.07, 6.45) is -7.42. The third-order valence-corrected chi connectivity index (χ3v) is 5.59. The molecule has 10 nitrogen and oxygen atoms in total. The minimum absolute atomic E-state index is 0.0506. The number of methoxy groups -OCH3 is 1. The van der Waals surface area contributed by atoms with Crippen molar-refractivity contribution in [3.63, 3.8) is 0 Å². The molecular weight excluding hydrogens is 446 g/mol. The number of ether oxygens (including phenoxy) is 3. The van der Waals surface area contributed by atoms with Gasteiger partial charge < -0.3 is 39.7 Å². The van der Waals surface area contributed by atoms with E-state index >= 15 is 0 Å². The minimum Gasteiger partial charge on any atom is -0.494 e. The lowest BCUT2D eigenvalue weighted by molar-refractivity contribution is -0.423. The van der Waals surface area contributed by atoms with Crippen molar-refractivity contribution in [1.82, 2.24) is 9.78 Å². The molecule has 0 saturated carbocycles. The second-order valence-electron chi connectivity index (χ2n) is 8.16. The number of hydrogen-bond donors (Lipinski definition) is 5. The van der Waals surface area contributed by atoms with Gasteiger partial charge in [-0.25, -0.2) is 8.78 Å². The van der Waals surface area contributed by atoms with E-state index in [-0.39, 0.29) is 35.2 Å². The highest BCUT2D eigenvalue weighted by molar-refractivity contribution is 5.39. The first-order valence-corrected chi connectivity index (χ1v) is 10.3. The Morgan fingerprint density at radius 2 is 1.85 bits per heavy atom. The number of aromatic nitrogens is 2. The van der Waals surface area contributed by atoms with Gasteiger partial charge in [-0.3, -0.25) is 4.68 Å². The summed E-state index contributed by atoms with van der Waals surface area (Å²) < 4.78 is 45.7. The smallest absolute Gasteiger partial charge is 0.356 e. The van der Waals surface area contributed by atoms with Crippen LogP contribution in [-0.2, 0) is 11.2 Å². The second kappa shape index (κ2) is 9.49. The summed E-state index contributed by atoms with van der Waals surface area (Å²) in [5.74, 6) is -4.97. The van der Waals surface area contributed by atoms with Crippen LogP contribution in [0.3, 0.4) is 0 Å². The molecule has 12 heteroatoms. The molecule has 3 rings (SSSR count). The summed E-state index contributed by atoms with van der Waals surface area (Å²) in [6, 6.07) is 1.67. The molecule has 1 aromatic carbocycles. The summed E-state index contributed by atoms with van der Waals surface area (Å²) in [6.45, 7) is 4.48. The Kier molecular flexibility index (Phi) is 7.27. The molecule has 0 unspecified atom stereocenters. The molecule has 1 saturated heterocycles. The van der Waals surface area contributed by atoms with Crippen molar-refractivity contribution in [2.24, 2.45) is 0 Å². The zero-order chi connectivity index (χ0) is 24.7. The molecule has 0 amide bonds. The Bertz CT molecular complexity index is 999. The maximum absolute atomic E-state index is 14.6. The van der Waals surface area contributed by atoms with Crippen LogP contribution < -0.4 is 9.47 Å². The first-order chi connectivity index (χ1) is 15.4. The standard InChI is InChI=1S/C21H28F2N2O8/c1-9(2)25-10(3)12(5-11-6-14(23)15(31-4)7-13(11)22)20(24-25)33-21(30)19(29)18(28)17(27)16(8-26)32-21/h6-7,9,16-19,26-30H,5,8H2,1-4H3/t16-,17-,18+,19-,21-/m1/s1. The summed E-state index contributed by atoms with van der Waals surface area (Å²) in [5, 5.41) is 54.7. The fraction of sp³-hybridized carbons (Fsp3) is 0.571. The largest absolute Gasteiger partial charge is 0.494 e. The van der Waals surface area contributed by atoms with E-state index in [0.717, 1.165) is 12.1 Å². The van der Waals surface area contributed by atoms with E-state index in [0.29, 0.717) is 5.69 Å². The fourth-order valence-electron chi connectivity index (χ4n) is 3.71. The first kappa shape index (κ1) is 25.3. The van der Waals surface area contributed by atoms with Crippen LogP contribution in [0.5, 0.6) is 11.6 Å². The number of aliphatic hydroxyl groups is 5. The Morgan fingerprint density at radius 3 is 2.42 bits per heavy atom. The van der Waals surface area contributed by atoms with Crippen molar-refractivity contribution in [3.05, 3.63) is 40.6 Å². The van der Waals surface area contributed by atoms with Crippen LogP contribution in [0.15, 0.2) is 12.1 Å². The molecule has 1 aliphatic rings. The van der Waals surface area contributed by atoms with Crippen LogP contribution in [0.2, 0.25) is 0 Å². The van der Waals surface area contributed by atoms with Gasteiger partial charge in [0.1, 0.15) is 24.1 Å². The average molecular weight is 474 g/mol. The zero-order valence-corrected chi connectivity index (χ0v) is 18.6. The maximum Gasteiger partial charge on any atom is 0.356 e. The molecule has 33 heavy (non-hydrogen) atoms. The molecule has 2 heterocycles. The molecule has 1 aliphatic heterocycles. The van der Waals surface area contributed by atoms with Gasteiger partial charge in [-0.1, -0.05) is 0 Å². The molecule has 1 fully saturated rings. The van der Waals surface area contributed by atoms with Crippen LogP contribution in [0.1, 0.15) is 36.7 Å². The predicted octanol–water partition coefficient (Wildman–Crippen LogP) is 0.149. The second-order valence-corrected chi connectivity index (χ2v) is 8.16. The SMILES string of the molecule is COc1cc(F)c(Cc2c(O[C@]3(O)O[C@H](CO)[C@@H](O)[C@H](O)[C@H]3O)nn(C(C)C)c2C)cc1F. The number of rotatable bonds is 7. The molecule has 1 aromatic heterocycles. The number of hydrogen-bond acceptors (Lipinski definition) is 9. The highest BCUT2D eigenvalue weighted by Gasteiger charge is 2.55. The number of benzene rings is 1. The topological polar surface area (TPSA) is 147 Å². The lowest BCUT2D eigenvalue weighted by Crippen LogP contribution is -2.67. The highest BCUT2D eigenvalue weighted by atomic mass is 19.1. The monoisotopic (exact) mass is 474 g/mol. The van der Waals surface area contributed by atoms with Crippen molar-refractivity contribution in [2.75, 3.05) is 13.7 Å². The van der Waals surface area contributed by atoms with Crippen molar-refractivity contribution < 1.29 is 48.5 Å². The number of halogens is 2. The lowest BCUT2D eigenvalue weighted by Gasteiger charge is -2.43. The van der Waals surface area contributed by atoms with Crippen molar-refractivity contribution in [1.29, 1.82) is 0 Å². The van der Waals surface area contributed by atoms with Crippen molar-refractivity contribution in [3.8, 4) is 11.6 Å². The normalized spacial score (nSPS) is 27.8. The van der Waals surface area contributed by atoms with E-state index in [2.05, 4.69) is 5.10 Å². The third-order valence-electron chi connectivity index (χ3n) is 5.59. The van der Waals surface area contributed by atoms with Gasteiger partial charge in [0.05, 0.1) is 13.7 Å². The summed E-state index contributed by atoms with van der Waals surface area (Å²) >= 11 is 0. The lowest BCUT2D eigenvalue weighted by atomic mass is 9.98. The van der Waals surface area contributed by atoms with E-state index in [1.165, 1.54) is 11.8 Å². The molecule has 0 radical (unpaired) electrons. The van der Waals surface area contributed by atoms with E-state index < -0.39 is 48.6 Å². The van der Waals surface area contributed by atoms with Gasteiger partial charge in [0.15, 0.2) is 17.7 Å². The average Bonchev–Trinajstić information content (AvgIpc) is 3.07. The molecule has 5 N–H and O–H groups in total. The maximum atomic E-state index is 14.6. The quantitative estimate of drug-likeness (QED) is 0.354. The van der Waals surface area contributed by atoms with Crippen LogP contribution in [0.25, 0.3) is 0 Å². The van der Waals surface area contributed by atoms with Crippen LogP contribution in [0, 0.1) is 18.6 Å². The van der Waals surface area contributed by atoms with E-state index in [4.69, 9.17) is 14.2 Å². The van der Waals surface area contributed by atoms with Gasteiger partial charge in [-0.2, -0.15) is 0 Å². The molecular formula is C21H28F2N2O8. The molecule has 5 atom stereocenters. The summed E-state index contributed by atoms with van der Waals surface area (Å²) in [5.41, 5.74) is 0.701. The number of aliphatic hydroxyl groups excluding tert-OH is 4. The van der Waals surface area contributed by atoms with Crippen LogP contribution in [-0.4, -0.2) is 79.4 Å². The third kappa shape index (κ3) is 4.67. The first-order valence-electron chi connectivity index (χ1n) is 10.3. The van der Waals surface area contributed by atoms with Crippen molar-refractivity contribution in [2.45, 2.75) is 63.6 Å². The summed E-state index contributed by atoms with van der Waals surface area (Å²) in [4.78, 5) is 0. The number of nitrogens with zero attached hydrogens (tertiary/aromatic N) is 2. The Hall–Kier alpha value is -2.35. The Labute approximate surface area is 188 Å². The molecule has 0 bridgehead atoms. The van der Waals surface area contributed by atoms with Gasteiger partial charge in [0.25, 0.3) is 0 Å². The van der Waals surface area contributed by atoms with E-state index in [9.17, 15) is 34.3 Å². The van der Waals surface area contributed by atoms with Gasteiger partial charge in [-0.15, -0.1) is 5.10 Å². The molecule has 2 aromatic rings. The summed E-state index contributed by atoms with van der Waals surface area (Å²) in [7, 11) is 1.21. The molecule has 184 valence electrons. The predicted molar refractivity (Wildman–Crippen MR) is 109 cm³/mol. The highest BCUT2D eigenvalue weighted by Crippen LogP contribution is 2.35. The van der Waals surface area contributed by atoms with E-state index in [1.807, 2.05) is 13.8 Å². The van der Waals surface area contributed by atoms with Crippen LogP contribution >= 0.6 is 0 Å². The van der Waals surface area contributed by atoms with Gasteiger partial charge in [-0.05, 0) is 32.4 Å². The van der Waals surface area contributed by atoms with Gasteiger partial charge in [0, 0.05) is 29.8 Å². The van der Waals surface area contributed by atoms with Crippen molar-refractivity contribution >= 4 is 0 Å². The minimum atomic E-state index is -2.90. The van der Waals surface area contributed by atoms with Gasteiger partial charge in [0.2, 0.25) is 5.88 Å². The molecule has 0 spiro atoms. The zero-order valence-electron chi connectivity index (χ0n) is 18.6. The Balaban J connectivity index is 2.03.